The second-order valence-electron chi connectivity index (χ2n) is 5.78. The lowest BCUT2D eigenvalue weighted by atomic mass is 10.1. The standard InChI is InChI=1S/C19H18N4O2S/c1-3-25-13-8-6-7-12(11-13)17-20-15-10-5-4-9-14(15)16-18(24)21-19(26-2)22-23(16)17/h4-11,17H,3H2,1-2H3,(H,21,22,24). The molecular weight excluding hydrogens is 348 g/mol. The first-order chi connectivity index (χ1) is 12.7. The van der Waals surface area contributed by atoms with Crippen LogP contribution in [-0.4, -0.2) is 28.9 Å². The minimum absolute atomic E-state index is 0.169. The minimum Gasteiger partial charge on any atom is -0.494 e. The number of rotatable bonds is 3. The Morgan fingerprint density at radius 1 is 1.23 bits per heavy atom. The lowest BCUT2D eigenvalue weighted by molar-refractivity contribution is -0.116. The first kappa shape index (κ1) is 16.7. The summed E-state index contributed by atoms with van der Waals surface area (Å²) < 4.78 is 5.62. The topological polar surface area (TPSA) is 66.3 Å². The van der Waals surface area contributed by atoms with Gasteiger partial charge in [0.25, 0.3) is 5.91 Å². The van der Waals surface area contributed by atoms with Gasteiger partial charge in [-0.05, 0) is 31.4 Å². The van der Waals surface area contributed by atoms with Crippen LogP contribution in [0.15, 0.2) is 58.6 Å². The lowest BCUT2D eigenvalue weighted by Crippen LogP contribution is -2.50. The van der Waals surface area contributed by atoms with Crippen LogP contribution in [0.4, 0.5) is 0 Å². The van der Waals surface area contributed by atoms with Gasteiger partial charge in [-0.25, -0.2) is 5.01 Å². The second-order valence-corrected chi connectivity index (χ2v) is 6.58. The first-order valence-electron chi connectivity index (χ1n) is 8.34. The van der Waals surface area contributed by atoms with E-state index < -0.39 is 6.17 Å². The van der Waals surface area contributed by atoms with Gasteiger partial charge in [0.15, 0.2) is 11.3 Å². The zero-order chi connectivity index (χ0) is 18.1. The van der Waals surface area contributed by atoms with Gasteiger partial charge in [-0.15, -0.1) is 5.10 Å². The molecule has 0 saturated heterocycles. The number of carbonyl (C=O) groups is 1. The van der Waals surface area contributed by atoms with Gasteiger partial charge in [-0.3, -0.25) is 15.1 Å². The van der Waals surface area contributed by atoms with Crippen LogP contribution in [-0.2, 0) is 4.79 Å². The Morgan fingerprint density at radius 3 is 2.88 bits per heavy atom. The number of nitrogens with zero attached hydrogens (tertiary/aromatic N) is 3. The fourth-order valence-corrected chi connectivity index (χ4v) is 3.43. The van der Waals surface area contributed by atoms with Crippen LogP contribution in [0, 0.1) is 0 Å². The summed E-state index contributed by atoms with van der Waals surface area (Å²) >= 11 is 1.39. The largest absolute Gasteiger partial charge is 0.494 e. The summed E-state index contributed by atoms with van der Waals surface area (Å²) in [7, 11) is 0. The number of para-hydroxylation sites is 1. The molecule has 1 amide bonds. The molecule has 0 bridgehead atoms. The maximum absolute atomic E-state index is 12.8. The molecule has 2 aromatic carbocycles. The van der Waals surface area contributed by atoms with E-state index in [1.54, 1.807) is 5.01 Å². The molecule has 0 aliphatic carbocycles. The van der Waals surface area contributed by atoms with Crippen molar-refractivity contribution < 1.29 is 9.53 Å². The van der Waals surface area contributed by atoms with E-state index in [0.29, 0.717) is 17.5 Å². The SMILES string of the molecule is CCOc1cccc(C2N=c3ccccc3=C3C(=O)NC(SC)=NN32)c1. The number of thioether (sulfide) groups is 1. The van der Waals surface area contributed by atoms with Crippen molar-refractivity contribution in [3.63, 3.8) is 0 Å². The van der Waals surface area contributed by atoms with Gasteiger partial charge in [-0.2, -0.15) is 0 Å². The molecule has 1 atom stereocenters. The Morgan fingerprint density at radius 2 is 2.08 bits per heavy atom. The predicted octanol–water partition coefficient (Wildman–Crippen LogP) is 1.59. The van der Waals surface area contributed by atoms with Gasteiger partial charge in [0, 0.05) is 10.8 Å². The molecule has 26 heavy (non-hydrogen) atoms. The summed E-state index contributed by atoms with van der Waals surface area (Å²) in [5.41, 5.74) is 1.43. The fraction of sp³-hybridized carbons (Fsp3) is 0.211. The lowest BCUT2D eigenvalue weighted by Gasteiger charge is -2.34. The van der Waals surface area contributed by atoms with E-state index in [1.807, 2.05) is 61.7 Å². The molecule has 2 aliphatic heterocycles. The molecule has 7 heteroatoms. The Hall–Kier alpha value is -2.80. The highest BCUT2D eigenvalue weighted by atomic mass is 32.2. The smallest absolute Gasteiger partial charge is 0.276 e. The van der Waals surface area contributed by atoms with Gasteiger partial charge >= 0.3 is 0 Å². The van der Waals surface area contributed by atoms with E-state index in [4.69, 9.17) is 9.73 Å². The highest BCUT2D eigenvalue weighted by Gasteiger charge is 2.34. The molecule has 0 saturated carbocycles. The van der Waals surface area contributed by atoms with Crippen molar-refractivity contribution in [1.29, 1.82) is 0 Å². The Balaban J connectivity index is 1.92. The summed E-state index contributed by atoms with van der Waals surface area (Å²) in [5, 5.41) is 11.3. The molecule has 1 N–H and O–H groups in total. The summed E-state index contributed by atoms with van der Waals surface area (Å²) in [4.78, 5) is 17.6. The van der Waals surface area contributed by atoms with E-state index in [9.17, 15) is 4.79 Å². The Bertz CT molecular complexity index is 1020. The van der Waals surface area contributed by atoms with E-state index in [1.165, 1.54) is 11.8 Å². The molecule has 6 nitrogen and oxygen atoms in total. The third-order valence-electron chi connectivity index (χ3n) is 4.18. The van der Waals surface area contributed by atoms with Crippen molar-refractivity contribution in [2.24, 2.45) is 10.1 Å². The van der Waals surface area contributed by atoms with E-state index >= 15 is 0 Å². The number of hydrogen-bond donors (Lipinski definition) is 1. The Labute approximate surface area is 155 Å². The number of hydrazone groups is 1. The molecule has 1 unspecified atom stereocenters. The number of fused-ring (bicyclic) bond motifs is 2. The Kier molecular flexibility index (Phi) is 4.38. The molecule has 0 aromatic heterocycles. The maximum Gasteiger partial charge on any atom is 0.276 e. The third-order valence-corrected chi connectivity index (χ3v) is 4.75. The van der Waals surface area contributed by atoms with Crippen molar-refractivity contribution >= 4 is 28.5 Å². The van der Waals surface area contributed by atoms with Gasteiger partial charge in [-0.1, -0.05) is 42.1 Å². The van der Waals surface area contributed by atoms with Gasteiger partial charge in [0.2, 0.25) is 0 Å². The third kappa shape index (κ3) is 2.84. The number of carbonyl (C=O) groups excluding carboxylic acids is 1. The average Bonchev–Trinajstić information content (AvgIpc) is 2.67. The summed E-state index contributed by atoms with van der Waals surface area (Å²) in [5.74, 6) is 0.605. The van der Waals surface area contributed by atoms with Gasteiger partial charge in [0.05, 0.1) is 12.0 Å². The van der Waals surface area contributed by atoms with Crippen molar-refractivity contribution in [2.45, 2.75) is 13.1 Å². The molecule has 0 fully saturated rings. The highest BCUT2D eigenvalue weighted by Crippen LogP contribution is 2.31. The van der Waals surface area contributed by atoms with Gasteiger partial charge in [0.1, 0.15) is 11.4 Å². The average molecular weight is 366 g/mol. The van der Waals surface area contributed by atoms with Crippen LogP contribution in [0.5, 0.6) is 5.75 Å². The number of amidine groups is 1. The molecule has 0 spiro atoms. The molecule has 2 heterocycles. The quantitative estimate of drug-likeness (QED) is 0.896. The first-order valence-corrected chi connectivity index (χ1v) is 9.57. The molecular formula is C19H18N4O2S. The van der Waals surface area contributed by atoms with E-state index in [0.717, 1.165) is 21.9 Å². The van der Waals surface area contributed by atoms with Gasteiger partial charge < -0.3 is 4.74 Å². The molecule has 2 aromatic rings. The van der Waals surface area contributed by atoms with Crippen LogP contribution in [0.25, 0.3) is 5.70 Å². The van der Waals surface area contributed by atoms with E-state index in [2.05, 4.69) is 10.4 Å². The summed E-state index contributed by atoms with van der Waals surface area (Å²) in [6.07, 6.45) is 1.46. The molecule has 4 rings (SSSR count). The van der Waals surface area contributed by atoms with Crippen molar-refractivity contribution in [3.05, 3.63) is 64.7 Å². The van der Waals surface area contributed by atoms with Crippen molar-refractivity contribution in [1.82, 2.24) is 10.3 Å². The van der Waals surface area contributed by atoms with Crippen molar-refractivity contribution in [3.8, 4) is 5.75 Å². The van der Waals surface area contributed by atoms with Crippen LogP contribution >= 0.6 is 11.8 Å². The number of amides is 1. The predicted molar refractivity (Wildman–Crippen MR) is 102 cm³/mol. The number of hydrogen-bond acceptors (Lipinski definition) is 6. The molecule has 2 aliphatic rings. The zero-order valence-corrected chi connectivity index (χ0v) is 15.3. The normalized spacial score (nSPS) is 18.3. The summed E-state index contributed by atoms with van der Waals surface area (Å²) in [6.45, 7) is 2.54. The maximum atomic E-state index is 12.8. The summed E-state index contributed by atoms with van der Waals surface area (Å²) in [6, 6.07) is 15.4. The second kappa shape index (κ2) is 6.84. The number of benzene rings is 2. The van der Waals surface area contributed by atoms with Crippen LogP contribution < -0.4 is 20.6 Å². The minimum atomic E-state index is -0.423. The fourth-order valence-electron chi connectivity index (χ4n) is 3.07. The van der Waals surface area contributed by atoms with Crippen LogP contribution in [0.3, 0.4) is 0 Å². The zero-order valence-electron chi connectivity index (χ0n) is 14.5. The number of ether oxygens (including phenoxy) is 1. The van der Waals surface area contributed by atoms with Crippen LogP contribution in [0.1, 0.15) is 18.7 Å². The van der Waals surface area contributed by atoms with Crippen molar-refractivity contribution in [2.75, 3.05) is 12.9 Å². The monoisotopic (exact) mass is 366 g/mol. The highest BCUT2D eigenvalue weighted by molar-refractivity contribution is 8.13. The van der Waals surface area contributed by atoms with E-state index in [-0.39, 0.29) is 5.91 Å². The molecule has 132 valence electrons. The van der Waals surface area contributed by atoms with Crippen LogP contribution in [0.2, 0.25) is 0 Å². The molecule has 0 radical (unpaired) electrons. The number of nitrogens with one attached hydrogen (secondary N) is 1.